The van der Waals surface area contributed by atoms with Crippen LogP contribution in [-0.4, -0.2) is 59.7 Å². The third-order valence-corrected chi connectivity index (χ3v) is 7.36. The third kappa shape index (κ3) is 9.13. The molecule has 260 valence electrons. The molecule has 0 spiro atoms. The van der Waals surface area contributed by atoms with E-state index >= 15 is 0 Å². The molecule has 0 saturated heterocycles. The van der Waals surface area contributed by atoms with E-state index in [2.05, 4.69) is 15.6 Å². The van der Waals surface area contributed by atoms with E-state index in [1.807, 2.05) is 0 Å². The van der Waals surface area contributed by atoms with Gasteiger partial charge in [-0.3, -0.25) is 9.78 Å². The number of carbonyl (C=O) groups excluding carboxylic acids is 2. The van der Waals surface area contributed by atoms with Gasteiger partial charge in [-0.15, -0.1) is 0 Å². The van der Waals surface area contributed by atoms with Crippen LogP contribution in [0.4, 0.5) is 22.4 Å². The molecule has 0 bridgehead atoms. The number of carbonyl (C=O) groups is 2. The van der Waals surface area contributed by atoms with Gasteiger partial charge in [0.15, 0.2) is 17.0 Å². The predicted octanol–water partition coefficient (Wildman–Crippen LogP) is 5.71. The highest BCUT2D eigenvalue weighted by Crippen LogP contribution is 2.39. The lowest BCUT2D eigenvalue weighted by Gasteiger charge is -2.34. The van der Waals surface area contributed by atoms with Gasteiger partial charge in [-0.25, -0.2) is 9.18 Å². The molecular weight excluding hydrogens is 636 g/mol. The first-order valence-electron chi connectivity index (χ1n) is 15.3. The summed E-state index contributed by atoms with van der Waals surface area (Å²) in [6, 6.07) is 11.7. The van der Waals surface area contributed by atoms with Crippen LogP contribution >= 0.6 is 0 Å². The van der Waals surface area contributed by atoms with Crippen LogP contribution in [0.15, 0.2) is 54.6 Å². The van der Waals surface area contributed by atoms with Gasteiger partial charge in [0, 0.05) is 11.1 Å². The lowest BCUT2D eigenvalue weighted by atomic mass is 9.87. The number of aromatic nitrogens is 1. The van der Waals surface area contributed by atoms with Crippen molar-refractivity contribution in [2.45, 2.75) is 76.4 Å². The molecule has 1 heterocycles. The zero-order chi connectivity index (χ0) is 35.5. The number of benzene rings is 2. The largest absolute Gasteiger partial charge is 0.487 e. The number of ether oxygens (including phenoxy) is 3. The minimum atomic E-state index is -5.13. The van der Waals surface area contributed by atoms with E-state index in [0.29, 0.717) is 5.75 Å². The fraction of sp³-hybridized carbons (Fsp3) is 0.441. The van der Waals surface area contributed by atoms with E-state index in [1.54, 1.807) is 34.6 Å². The van der Waals surface area contributed by atoms with Crippen molar-refractivity contribution >= 4 is 12.0 Å². The van der Waals surface area contributed by atoms with Crippen molar-refractivity contribution in [2.75, 3.05) is 19.8 Å². The standard InChI is InChI=1S/C34H40F4N4O6/c1-31(2,3)48-30(45)42-32(4,5)22-17-25(20-6-9-23(35)10-7-20)41-28(18-22)33(39,34(36,37)38)19-40-29(44)21-8-13-26(47-24-11-12-24)27(16-21)46-15-14-43/h6-10,13,16-18,24,43H,11-12,14-15,19,39H2,1-5H3,(H,40,44)(H,42,45). The van der Waals surface area contributed by atoms with Gasteiger partial charge in [0.2, 0.25) is 0 Å². The Balaban J connectivity index is 1.71. The molecule has 4 rings (SSSR count). The Labute approximate surface area is 276 Å². The van der Waals surface area contributed by atoms with Gasteiger partial charge < -0.3 is 35.7 Å². The average Bonchev–Trinajstić information content (AvgIpc) is 3.81. The molecule has 5 N–H and O–H groups in total. The van der Waals surface area contributed by atoms with E-state index < -0.39 is 52.9 Å². The summed E-state index contributed by atoms with van der Waals surface area (Å²) >= 11 is 0. The Bertz CT molecular complexity index is 1620. The fourth-order valence-electron chi connectivity index (χ4n) is 4.56. The molecule has 1 aromatic heterocycles. The molecule has 48 heavy (non-hydrogen) atoms. The van der Waals surface area contributed by atoms with Crippen molar-refractivity contribution < 1.29 is 46.5 Å². The summed E-state index contributed by atoms with van der Waals surface area (Å²) in [6.07, 6.45) is -4.24. The van der Waals surface area contributed by atoms with E-state index in [4.69, 9.17) is 19.9 Å². The normalized spacial score (nSPS) is 14.9. The first-order chi connectivity index (χ1) is 22.3. The van der Waals surface area contributed by atoms with Crippen LogP contribution in [0.5, 0.6) is 11.5 Å². The summed E-state index contributed by atoms with van der Waals surface area (Å²) in [4.78, 5) is 30.1. The predicted molar refractivity (Wildman–Crippen MR) is 169 cm³/mol. The van der Waals surface area contributed by atoms with Crippen molar-refractivity contribution in [2.24, 2.45) is 5.73 Å². The number of nitrogens with two attached hydrogens (primary N) is 1. The number of alkyl carbamates (subject to hydrolysis) is 1. The summed E-state index contributed by atoms with van der Waals surface area (Å²) in [5.74, 6) is -0.965. The van der Waals surface area contributed by atoms with Crippen LogP contribution in [0.1, 0.15) is 69.1 Å². The molecule has 1 unspecified atom stereocenters. The minimum Gasteiger partial charge on any atom is -0.487 e. The number of hydrogen-bond acceptors (Lipinski definition) is 8. The zero-order valence-electron chi connectivity index (χ0n) is 27.3. The molecule has 1 aliphatic carbocycles. The number of nitrogens with zero attached hydrogens (tertiary/aromatic N) is 1. The SMILES string of the molecule is CC(C)(C)OC(=O)NC(C)(C)c1cc(-c2ccc(F)cc2)nc(C(N)(CNC(=O)c2ccc(OC3CC3)c(OCCO)c2)C(F)(F)F)c1. The van der Waals surface area contributed by atoms with Gasteiger partial charge in [-0.05, 0) is 108 Å². The monoisotopic (exact) mass is 676 g/mol. The Morgan fingerprint density at radius 3 is 2.23 bits per heavy atom. The van der Waals surface area contributed by atoms with E-state index in [9.17, 15) is 32.3 Å². The molecule has 3 aromatic rings. The van der Waals surface area contributed by atoms with E-state index in [-0.39, 0.29) is 47.5 Å². The lowest BCUT2D eigenvalue weighted by molar-refractivity contribution is -0.188. The molecule has 2 amide bonds. The van der Waals surface area contributed by atoms with Crippen LogP contribution in [-0.2, 0) is 15.8 Å². The summed E-state index contributed by atoms with van der Waals surface area (Å²) in [5.41, 5.74) is 0.535. The Morgan fingerprint density at radius 2 is 1.65 bits per heavy atom. The van der Waals surface area contributed by atoms with Gasteiger partial charge in [0.25, 0.3) is 5.91 Å². The quantitative estimate of drug-likeness (QED) is 0.179. The van der Waals surface area contributed by atoms with Gasteiger partial charge in [-0.1, -0.05) is 0 Å². The molecule has 1 aliphatic rings. The van der Waals surface area contributed by atoms with Gasteiger partial charge in [-0.2, -0.15) is 13.2 Å². The number of rotatable bonds is 12. The second-order valence-corrected chi connectivity index (χ2v) is 13.1. The topological polar surface area (TPSA) is 145 Å². The molecule has 1 saturated carbocycles. The Hall–Kier alpha value is -4.43. The number of hydrogen-bond donors (Lipinski definition) is 4. The summed E-state index contributed by atoms with van der Waals surface area (Å²) in [5, 5.41) is 14.1. The molecule has 1 atom stereocenters. The Kier molecular flexibility index (Phi) is 10.6. The maximum Gasteiger partial charge on any atom is 0.413 e. The molecule has 10 nitrogen and oxygen atoms in total. The highest BCUT2D eigenvalue weighted by atomic mass is 19.4. The number of pyridine rings is 1. The van der Waals surface area contributed by atoms with Crippen molar-refractivity contribution in [3.05, 3.63) is 77.2 Å². The third-order valence-electron chi connectivity index (χ3n) is 7.36. The van der Waals surface area contributed by atoms with Crippen LogP contribution < -0.4 is 25.8 Å². The van der Waals surface area contributed by atoms with Crippen LogP contribution in [0.2, 0.25) is 0 Å². The summed E-state index contributed by atoms with van der Waals surface area (Å²) < 4.78 is 75.1. The van der Waals surface area contributed by atoms with Crippen molar-refractivity contribution in [1.29, 1.82) is 0 Å². The number of amides is 2. The maximum atomic E-state index is 14.9. The maximum absolute atomic E-state index is 14.9. The molecule has 2 aromatic carbocycles. The molecule has 14 heteroatoms. The number of alkyl halides is 3. The number of halogens is 4. The van der Waals surface area contributed by atoms with Crippen molar-refractivity contribution in [1.82, 2.24) is 15.6 Å². The summed E-state index contributed by atoms with van der Waals surface area (Å²) in [7, 11) is 0. The Morgan fingerprint density at radius 1 is 0.979 bits per heavy atom. The second kappa shape index (κ2) is 14.0. The highest BCUT2D eigenvalue weighted by molar-refractivity contribution is 5.95. The number of nitrogens with one attached hydrogen (secondary N) is 2. The van der Waals surface area contributed by atoms with Crippen molar-refractivity contribution in [3.63, 3.8) is 0 Å². The highest BCUT2D eigenvalue weighted by Gasteiger charge is 2.55. The van der Waals surface area contributed by atoms with Crippen molar-refractivity contribution in [3.8, 4) is 22.8 Å². The van der Waals surface area contributed by atoms with Crippen LogP contribution in [0.25, 0.3) is 11.3 Å². The first-order valence-corrected chi connectivity index (χ1v) is 15.3. The molecule has 1 fully saturated rings. The van der Waals surface area contributed by atoms with Gasteiger partial charge >= 0.3 is 12.3 Å². The van der Waals surface area contributed by atoms with Gasteiger partial charge in [0.1, 0.15) is 18.0 Å². The molecule has 0 radical (unpaired) electrons. The lowest BCUT2D eigenvalue weighted by Crippen LogP contribution is -2.58. The number of aliphatic hydroxyl groups excluding tert-OH is 1. The summed E-state index contributed by atoms with van der Waals surface area (Å²) in [6.45, 7) is 6.58. The number of aliphatic hydroxyl groups is 1. The average molecular weight is 677 g/mol. The smallest absolute Gasteiger partial charge is 0.413 e. The van der Waals surface area contributed by atoms with E-state index in [0.717, 1.165) is 31.0 Å². The van der Waals surface area contributed by atoms with Gasteiger partial charge in [0.05, 0.1) is 36.2 Å². The van der Waals surface area contributed by atoms with E-state index in [1.165, 1.54) is 36.4 Å². The van der Waals surface area contributed by atoms with Crippen LogP contribution in [0.3, 0.4) is 0 Å². The fourth-order valence-corrected chi connectivity index (χ4v) is 4.56. The first kappa shape index (κ1) is 36.4. The van der Waals surface area contributed by atoms with Crippen LogP contribution in [0, 0.1) is 5.82 Å². The molecular formula is C34H40F4N4O6. The zero-order valence-corrected chi connectivity index (χ0v) is 27.3. The second-order valence-electron chi connectivity index (χ2n) is 13.1. The molecule has 0 aliphatic heterocycles. The minimum absolute atomic E-state index is 0.00169.